The number of esters is 1. The molecule has 0 bridgehead atoms. The summed E-state index contributed by atoms with van der Waals surface area (Å²) in [6, 6.07) is 10.2. The van der Waals surface area contributed by atoms with Crippen LogP contribution in [0.4, 0.5) is 5.69 Å². The van der Waals surface area contributed by atoms with Gasteiger partial charge in [0, 0.05) is 5.69 Å². The summed E-state index contributed by atoms with van der Waals surface area (Å²) in [5, 5.41) is 0.470. The van der Waals surface area contributed by atoms with Gasteiger partial charge in [0.2, 0.25) is 0 Å². The van der Waals surface area contributed by atoms with Gasteiger partial charge in [0.25, 0.3) is 0 Å². The maximum Gasteiger partial charge on any atom is 0.341 e. The molecule has 5 heteroatoms. The summed E-state index contributed by atoms with van der Waals surface area (Å²) in [7, 11) is 1.30. The summed E-state index contributed by atoms with van der Waals surface area (Å²) in [6.07, 6.45) is 0. The molecule has 20 heavy (non-hydrogen) atoms. The predicted molar refractivity (Wildman–Crippen MR) is 78.5 cm³/mol. The second kappa shape index (κ2) is 5.84. The molecule has 104 valence electrons. The van der Waals surface area contributed by atoms with Crippen molar-refractivity contribution in [1.29, 1.82) is 0 Å². The molecule has 0 aliphatic heterocycles. The first-order valence-corrected chi connectivity index (χ1v) is 6.31. The molecule has 0 saturated carbocycles. The summed E-state index contributed by atoms with van der Waals surface area (Å²) in [4.78, 5) is 11.7. The van der Waals surface area contributed by atoms with E-state index in [2.05, 4.69) is 0 Å². The molecule has 0 fully saturated rings. The molecular weight excluding hydrogens is 278 g/mol. The number of hydrogen-bond donors (Lipinski definition) is 1. The minimum Gasteiger partial charge on any atom is -0.465 e. The first kappa shape index (κ1) is 14.2. The van der Waals surface area contributed by atoms with Gasteiger partial charge in [-0.3, -0.25) is 0 Å². The van der Waals surface area contributed by atoms with E-state index in [0.717, 1.165) is 5.56 Å². The van der Waals surface area contributed by atoms with E-state index in [1.165, 1.54) is 13.2 Å². The second-order valence-electron chi connectivity index (χ2n) is 4.28. The highest BCUT2D eigenvalue weighted by Crippen LogP contribution is 2.32. The number of halogens is 1. The number of rotatable bonds is 3. The number of carbonyl (C=O) groups excluding carboxylic acids is 1. The Kier molecular flexibility index (Phi) is 4.15. The van der Waals surface area contributed by atoms with E-state index < -0.39 is 5.97 Å². The lowest BCUT2D eigenvalue weighted by atomic mass is 10.1. The number of benzene rings is 2. The molecule has 0 saturated heterocycles. The smallest absolute Gasteiger partial charge is 0.341 e. The largest absolute Gasteiger partial charge is 0.465 e. The van der Waals surface area contributed by atoms with Crippen molar-refractivity contribution in [2.45, 2.75) is 6.92 Å². The lowest BCUT2D eigenvalue weighted by molar-refractivity contribution is 0.0598. The summed E-state index contributed by atoms with van der Waals surface area (Å²) in [5.74, 6) is 0.291. The number of hydrogen-bond acceptors (Lipinski definition) is 4. The van der Waals surface area contributed by atoms with Crippen LogP contribution < -0.4 is 10.5 Å². The summed E-state index contributed by atoms with van der Waals surface area (Å²) in [6.45, 7) is 1.93. The van der Waals surface area contributed by atoms with Crippen molar-refractivity contribution < 1.29 is 14.3 Å². The SMILES string of the molecule is COC(=O)c1cc(N)ccc1Oc1ccc(C)cc1Cl. The Hall–Kier alpha value is -2.20. The van der Waals surface area contributed by atoms with Crippen molar-refractivity contribution in [2.24, 2.45) is 0 Å². The zero-order valence-corrected chi connectivity index (χ0v) is 11.9. The third-order valence-corrected chi connectivity index (χ3v) is 3.01. The van der Waals surface area contributed by atoms with Gasteiger partial charge in [-0.25, -0.2) is 4.79 Å². The Morgan fingerprint density at radius 1 is 1.15 bits per heavy atom. The predicted octanol–water partition coefficient (Wildman–Crippen LogP) is 3.81. The van der Waals surface area contributed by atoms with Gasteiger partial charge in [0.1, 0.15) is 17.1 Å². The number of ether oxygens (including phenoxy) is 2. The van der Waals surface area contributed by atoms with Crippen molar-refractivity contribution in [1.82, 2.24) is 0 Å². The van der Waals surface area contributed by atoms with Gasteiger partial charge in [0.15, 0.2) is 0 Å². The number of nitrogen functional groups attached to an aromatic ring is 1. The van der Waals surface area contributed by atoms with Gasteiger partial charge in [-0.05, 0) is 42.8 Å². The van der Waals surface area contributed by atoms with Gasteiger partial charge in [-0.1, -0.05) is 17.7 Å². The van der Waals surface area contributed by atoms with Crippen LogP contribution in [0.5, 0.6) is 11.5 Å². The Balaban J connectivity index is 2.40. The fourth-order valence-electron chi connectivity index (χ4n) is 1.71. The number of methoxy groups -OCH3 is 1. The van der Waals surface area contributed by atoms with Gasteiger partial charge in [0.05, 0.1) is 12.1 Å². The molecule has 0 heterocycles. The van der Waals surface area contributed by atoms with Crippen LogP contribution in [0.1, 0.15) is 15.9 Å². The van der Waals surface area contributed by atoms with Crippen molar-refractivity contribution in [2.75, 3.05) is 12.8 Å². The molecule has 0 atom stereocenters. The van der Waals surface area contributed by atoms with Gasteiger partial charge in [-0.2, -0.15) is 0 Å². The topological polar surface area (TPSA) is 61.5 Å². The molecule has 2 aromatic carbocycles. The van der Waals surface area contributed by atoms with E-state index in [1.807, 2.05) is 13.0 Å². The van der Waals surface area contributed by atoms with Crippen LogP contribution in [0.15, 0.2) is 36.4 Å². The van der Waals surface area contributed by atoms with E-state index >= 15 is 0 Å². The number of nitrogens with two attached hydrogens (primary N) is 1. The zero-order chi connectivity index (χ0) is 14.7. The average molecular weight is 292 g/mol. The molecule has 2 N–H and O–H groups in total. The Morgan fingerprint density at radius 2 is 1.85 bits per heavy atom. The fraction of sp³-hybridized carbons (Fsp3) is 0.133. The highest BCUT2D eigenvalue weighted by Gasteiger charge is 2.15. The Bertz CT molecular complexity index is 656. The highest BCUT2D eigenvalue weighted by atomic mass is 35.5. The van der Waals surface area contributed by atoms with E-state index in [0.29, 0.717) is 22.2 Å². The van der Waals surface area contributed by atoms with Crippen LogP contribution >= 0.6 is 11.6 Å². The normalized spacial score (nSPS) is 10.2. The molecule has 0 spiro atoms. The van der Waals surface area contributed by atoms with Crippen LogP contribution in [0.2, 0.25) is 5.02 Å². The third kappa shape index (κ3) is 3.03. The summed E-state index contributed by atoms with van der Waals surface area (Å²) >= 11 is 6.11. The number of anilines is 1. The maximum atomic E-state index is 11.7. The number of aryl methyl sites for hydroxylation is 1. The molecule has 0 radical (unpaired) electrons. The van der Waals surface area contributed by atoms with Crippen molar-refractivity contribution in [3.63, 3.8) is 0 Å². The molecule has 4 nitrogen and oxygen atoms in total. The Morgan fingerprint density at radius 3 is 2.50 bits per heavy atom. The molecular formula is C15H14ClNO3. The fourth-order valence-corrected chi connectivity index (χ4v) is 1.99. The van der Waals surface area contributed by atoms with Crippen LogP contribution in [-0.4, -0.2) is 13.1 Å². The maximum absolute atomic E-state index is 11.7. The summed E-state index contributed by atoms with van der Waals surface area (Å²) < 4.78 is 10.4. The first-order valence-electron chi connectivity index (χ1n) is 5.93. The van der Waals surface area contributed by atoms with Crippen LogP contribution in [0, 0.1) is 6.92 Å². The molecule has 0 amide bonds. The van der Waals surface area contributed by atoms with Gasteiger partial charge in [-0.15, -0.1) is 0 Å². The zero-order valence-electron chi connectivity index (χ0n) is 11.1. The molecule has 0 unspecified atom stereocenters. The van der Waals surface area contributed by atoms with E-state index in [9.17, 15) is 4.79 Å². The van der Waals surface area contributed by atoms with Crippen molar-refractivity contribution in [3.05, 3.63) is 52.5 Å². The lowest BCUT2D eigenvalue weighted by Gasteiger charge is -2.12. The third-order valence-electron chi connectivity index (χ3n) is 2.72. The van der Waals surface area contributed by atoms with Crippen molar-refractivity contribution >= 4 is 23.3 Å². The van der Waals surface area contributed by atoms with Crippen LogP contribution in [0.3, 0.4) is 0 Å². The quantitative estimate of drug-likeness (QED) is 0.690. The summed E-state index contributed by atoms with van der Waals surface area (Å²) in [5.41, 5.74) is 7.40. The van der Waals surface area contributed by atoms with Crippen LogP contribution in [0.25, 0.3) is 0 Å². The lowest BCUT2D eigenvalue weighted by Crippen LogP contribution is -2.04. The van der Waals surface area contributed by atoms with E-state index in [4.69, 9.17) is 26.8 Å². The average Bonchev–Trinajstić information content (AvgIpc) is 2.42. The monoisotopic (exact) mass is 291 g/mol. The minimum absolute atomic E-state index is 0.254. The van der Waals surface area contributed by atoms with Crippen LogP contribution in [-0.2, 0) is 4.74 Å². The molecule has 2 rings (SSSR count). The number of carbonyl (C=O) groups is 1. The molecule has 0 aliphatic carbocycles. The van der Waals surface area contributed by atoms with E-state index in [-0.39, 0.29) is 5.56 Å². The highest BCUT2D eigenvalue weighted by molar-refractivity contribution is 6.32. The minimum atomic E-state index is -0.518. The molecule has 0 aromatic heterocycles. The molecule has 0 aliphatic rings. The standard InChI is InChI=1S/C15H14ClNO3/c1-9-3-5-14(12(16)7-9)20-13-6-4-10(17)8-11(13)15(18)19-2/h3-8H,17H2,1-2H3. The molecule has 2 aromatic rings. The Labute approximate surface area is 122 Å². The van der Waals surface area contributed by atoms with E-state index in [1.54, 1.807) is 24.3 Å². The van der Waals surface area contributed by atoms with Gasteiger partial charge < -0.3 is 15.2 Å². The second-order valence-corrected chi connectivity index (χ2v) is 4.69. The first-order chi connectivity index (χ1) is 9.51. The van der Waals surface area contributed by atoms with Gasteiger partial charge >= 0.3 is 5.97 Å². The van der Waals surface area contributed by atoms with Crippen molar-refractivity contribution in [3.8, 4) is 11.5 Å².